The fourth-order valence-electron chi connectivity index (χ4n) is 2.35. The number of hydrogen-bond donors (Lipinski definition) is 1. The highest BCUT2D eigenvalue weighted by Gasteiger charge is 2.38. The van der Waals surface area contributed by atoms with E-state index in [9.17, 15) is 9.59 Å². The van der Waals surface area contributed by atoms with Crippen molar-refractivity contribution in [3.05, 3.63) is 77.9 Å². The van der Waals surface area contributed by atoms with E-state index >= 15 is 0 Å². The van der Waals surface area contributed by atoms with E-state index in [1.807, 2.05) is 42.5 Å². The Morgan fingerprint density at radius 2 is 1.64 bits per heavy atom. The molecule has 0 radical (unpaired) electrons. The van der Waals surface area contributed by atoms with Gasteiger partial charge in [0.2, 0.25) is 5.78 Å². The molecule has 1 amide bonds. The van der Waals surface area contributed by atoms with Gasteiger partial charge < -0.3 is 10.1 Å². The first-order valence-electron chi connectivity index (χ1n) is 7.04. The predicted octanol–water partition coefficient (Wildman–Crippen LogP) is 3.06. The molecule has 4 heteroatoms. The van der Waals surface area contributed by atoms with Gasteiger partial charge in [0.15, 0.2) is 6.10 Å². The van der Waals surface area contributed by atoms with Crippen LogP contribution in [0.5, 0.6) is 0 Å². The first-order chi connectivity index (χ1) is 10.7. The van der Waals surface area contributed by atoms with E-state index in [0.29, 0.717) is 5.56 Å². The highest BCUT2D eigenvalue weighted by atomic mass is 16.6. The molecule has 1 aliphatic rings. The van der Waals surface area contributed by atoms with E-state index in [0.717, 1.165) is 5.56 Å². The maximum Gasteiger partial charge on any atom is 0.408 e. The van der Waals surface area contributed by atoms with Gasteiger partial charge in [-0.15, -0.1) is 0 Å². The maximum atomic E-state index is 12.5. The number of nitrogens with one attached hydrogen (secondary N) is 1. The second kappa shape index (κ2) is 6.26. The fraction of sp³-hybridized carbons (Fsp3) is 0.111. The lowest BCUT2D eigenvalue weighted by atomic mass is 10.0. The molecule has 2 aromatic carbocycles. The topological polar surface area (TPSA) is 55.4 Å². The molecule has 3 rings (SSSR count). The first-order valence-corrected chi connectivity index (χ1v) is 7.04. The van der Waals surface area contributed by atoms with Crippen LogP contribution in [-0.2, 0) is 4.74 Å². The highest BCUT2D eigenvalue weighted by Crippen LogP contribution is 2.17. The molecule has 0 spiro atoms. The van der Waals surface area contributed by atoms with Gasteiger partial charge in [-0.05, 0) is 5.56 Å². The van der Waals surface area contributed by atoms with Crippen molar-refractivity contribution < 1.29 is 14.3 Å². The summed E-state index contributed by atoms with van der Waals surface area (Å²) in [6, 6.07) is 18.0. The van der Waals surface area contributed by atoms with E-state index in [4.69, 9.17) is 4.74 Å². The van der Waals surface area contributed by atoms with Crippen molar-refractivity contribution in [1.29, 1.82) is 0 Å². The van der Waals surface area contributed by atoms with Crippen LogP contribution in [0.3, 0.4) is 0 Å². The molecule has 0 saturated carbocycles. The summed E-state index contributed by atoms with van der Waals surface area (Å²) in [7, 11) is 0. The lowest BCUT2D eigenvalue weighted by Gasteiger charge is -2.12. The Morgan fingerprint density at radius 3 is 2.32 bits per heavy atom. The molecule has 1 fully saturated rings. The molecule has 0 aliphatic carbocycles. The van der Waals surface area contributed by atoms with Crippen LogP contribution >= 0.6 is 0 Å². The lowest BCUT2D eigenvalue weighted by molar-refractivity contribution is 0.0740. The number of ketones is 1. The van der Waals surface area contributed by atoms with Crippen LogP contribution in [0.2, 0.25) is 0 Å². The van der Waals surface area contributed by atoms with Crippen LogP contribution in [0.1, 0.15) is 15.9 Å². The van der Waals surface area contributed by atoms with E-state index in [1.54, 1.807) is 30.3 Å². The molecule has 2 aromatic rings. The summed E-state index contributed by atoms with van der Waals surface area (Å²) in [5.41, 5.74) is 1.52. The predicted molar refractivity (Wildman–Crippen MR) is 83.4 cm³/mol. The minimum absolute atomic E-state index is 0.207. The van der Waals surface area contributed by atoms with E-state index < -0.39 is 18.2 Å². The SMILES string of the molecule is O=C1N[C@H](/C=C/c2ccccc2)[C@@H](C(=O)c2ccccc2)O1. The van der Waals surface area contributed by atoms with Gasteiger partial charge in [-0.3, -0.25) is 4.79 Å². The Bertz CT molecular complexity index is 695. The third-order valence-corrected chi connectivity index (χ3v) is 3.46. The Morgan fingerprint density at radius 1 is 1.00 bits per heavy atom. The Kier molecular flexibility index (Phi) is 4.01. The molecular formula is C18H15NO3. The van der Waals surface area contributed by atoms with Crippen LogP contribution in [0.15, 0.2) is 66.7 Å². The number of ether oxygens (including phenoxy) is 1. The first kappa shape index (κ1) is 14.1. The average molecular weight is 293 g/mol. The number of amides is 1. The fourth-order valence-corrected chi connectivity index (χ4v) is 2.35. The van der Waals surface area contributed by atoms with E-state index in [-0.39, 0.29) is 5.78 Å². The molecular weight excluding hydrogens is 278 g/mol. The second-order valence-corrected chi connectivity index (χ2v) is 5.00. The molecule has 0 aromatic heterocycles. The van der Waals surface area contributed by atoms with Gasteiger partial charge in [0, 0.05) is 5.56 Å². The molecule has 110 valence electrons. The Labute approximate surface area is 128 Å². The summed E-state index contributed by atoms with van der Waals surface area (Å²) >= 11 is 0. The molecule has 0 bridgehead atoms. The zero-order chi connectivity index (χ0) is 15.4. The molecule has 22 heavy (non-hydrogen) atoms. The summed E-state index contributed by atoms with van der Waals surface area (Å²) in [6.07, 6.45) is 2.24. The van der Waals surface area contributed by atoms with Crippen molar-refractivity contribution in [2.24, 2.45) is 0 Å². The monoisotopic (exact) mass is 293 g/mol. The molecule has 1 aliphatic heterocycles. The second-order valence-electron chi connectivity index (χ2n) is 5.00. The molecule has 2 atom stereocenters. The summed E-state index contributed by atoms with van der Waals surface area (Å²) in [6.45, 7) is 0. The largest absolute Gasteiger partial charge is 0.435 e. The van der Waals surface area contributed by atoms with Crippen LogP contribution in [0.25, 0.3) is 6.08 Å². The van der Waals surface area contributed by atoms with Gasteiger partial charge in [-0.1, -0.05) is 72.8 Å². The van der Waals surface area contributed by atoms with Gasteiger partial charge in [0.05, 0.1) is 6.04 Å². The van der Waals surface area contributed by atoms with Crippen molar-refractivity contribution in [2.45, 2.75) is 12.1 Å². The minimum Gasteiger partial charge on any atom is -0.435 e. The maximum absolute atomic E-state index is 12.5. The van der Waals surface area contributed by atoms with Crippen molar-refractivity contribution in [3.8, 4) is 0 Å². The molecule has 1 heterocycles. The molecule has 1 saturated heterocycles. The number of Topliss-reactive ketones (excluding diaryl/α,β-unsaturated/α-hetero) is 1. The summed E-state index contributed by atoms with van der Waals surface area (Å²) in [5.74, 6) is -0.207. The van der Waals surface area contributed by atoms with Gasteiger partial charge >= 0.3 is 6.09 Å². The zero-order valence-corrected chi connectivity index (χ0v) is 11.8. The number of carbonyl (C=O) groups excluding carboxylic acids is 2. The summed E-state index contributed by atoms with van der Waals surface area (Å²) in [5, 5.41) is 2.66. The van der Waals surface area contributed by atoms with Crippen LogP contribution in [0, 0.1) is 0 Å². The van der Waals surface area contributed by atoms with Crippen molar-refractivity contribution in [3.63, 3.8) is 0 Å². The van der Waals surface area contributed by atoms with Crippen LogP contribution in [-0.4, -0.2) is 24.0 Å². The van der Waals surface area contributed by atoms with Crippen LogP contribution in [0.4, 0.5) is 4.79 Å². The third-order valence-electron chi connectivity index (χ3n) is 3.46. The van der Waals surface area contributed by atoms with E-state index in [2.05, 4.69) is 5.32 Å². The standard InChI is InChI=1S/C18H15NO3/c20-16(14-9-5-2-6-10-14)17-15(19-18(21)22-17)12-11-13-7-3-1-4-8-13/h1-12,15,17H,(H,19,21)/b12-11+/t15-,17+/m1/s1. The number of benzene rings is 2. The van der Waals surface area contributed by atoms with Gasteiger partial charge in [-0.25, -0.2) is 4.79 Å². The Balaban J connectivity index is 1.79. The van der Waals surface area contributed by atoms with Crippen LogP contribution < -0.4 is 5.32 Å². The van der Waals surface area contributed by atoms with Crippen molar-refractivity contribution in [1.82, 2.24) is 5.32 Å². The number of rotatable bonds is 4. The smallest absolute Gasteiger partial charge is 0.408 e. The van der Waals surface area contributed by atoms with E-state index in [1.165, 1.54) is 0 Å². The quantitative estimate of drug-likeness (QED) is 0.881. The minimum atomic E-state index is -0.838. The van der Waals surface area contributed by atoms with Crippen molar-refractivity contribution >= 4 is 18.0 Å². The summed E-state index contributed by atoms with van der Waals surface area (Å²) < 4.78 is 5.13. The molecule has 4 nitrogen and oxygen atoms in total. The normalized spacial score (nSPS) is 20.6. The Hall–Kier alpha value is -2.88. The van der Waals surface area contributed by atoms with Crippen molar-refractivity contribution in [2.75, 3.05) is 0 Å². The number of cyclic esters (lactones) is 1. The summed E-state index contributed by atoms with van der Waals surface area (Å²) in [4.78, 5) is 24.0. The number of hydrogen-bond acceptors (Lipinski definition) is 3. The van der Waals surface area contributed by atoms with Gasteiger partial charge in [0.1, 0.15) is 0 Å². The highest BCUT2D eigenvalue weighted by molar-refractivity contribution is 6.02. The molecule has 1 N–H and O–H groups in total. The number of alkyl carbamates (subject to hydrolysis) is 1. The molecule has 0 unspecified atom stereocenters. The number of carbonyl (C=O) groups is 2. The average Bonchev–Trinajstić information content (AvgIpc) is 2.95. The lowest BCUT2D eigenvalue weighted by Crippen LogP contribution is -2.35. The van der Waals surface area contributed by atoms with Gasteiger partial charge in [0.25, 0.3) is 0 Å². The third kappa shape index (κ3) is 3.06. The van der Waals surface area contributed by atoms with Gasteiger partial charge in [-0.2, -0.15) is 0 Å². The zero-order valence-electron chi connectivity index (χ0n) is 11.8.